The third-order valence-corrected chi connectivity index (χ3v) is 5.07. The molecule has 4 aromatic rings. The lowest BCUT2D eigenvalue weighted by Gasteiger charge is -2.23. The number of methoxy groups -OCH3 is 1. The van der Waals surface area contributed by atoms with Crippen LogP contribution in [0.15, 0.2) is 85.1 Å². The van der Waals surface area contributed by atoms with E-state index in [4.69, 9.17) is 4.74 Å². The van der Waals surface area contributed by atoms with Crippen molar-refractivity contribution < 1.29 is 14.6 Å². The first-order chi connectivity index (χ1) is 13.7. The van der Waals surface area contributed by atoms with E-state index in [1.54, 1.807) is 31.4 Å². The number of ketones is 1. The summed E-state index contributed by atoms with van der Waals surface area (Å²) in [6.07, 6.45) is 0.663. The Bertz CT molecular complexity index is 1080. The van der Waals surface area contributed by atoms with Gasteiger partial charge in [-0.05, 0) is 29.3 Å². The predicted molar refractivity (Wildman–Crippen MR) is 110 cm³/mol. The Labute approximate surface area is 163 Å². The Morgan fingerprint density at radius 2 is 1.61 bits per heavy atom. The topological polar surface area (TPSA) is 62.3 Å². The Morgan fingerprint density at radius 3 is 2.32 bits per heavy atom. The molecule has 0 bridgehead atoms. The summed E-state index contributed by atoms with van der Waals surface area (Å²) in [5.41, 5.74) is 3.20. The maximum absolute atomic E-state index is 13.0. The molecule has 0 saturated carbocycles. The third-order valence-electron chi connectivity index (χ3n) is 5.07. The highest BCUT2D eigenvalue weighted by Crippen LogP contribution is 2.35. The summed E-state index contributed by atoms with van der Waals surface area (Å²) >= 11 is 0. The molecule has 0 spiro atoms. The monoisotopic (exact) mass is 371 g/mol. The van der Waals surface area contributed by atoms with Crippen LogP contribution in [0.4, 0.5) is 0 Å². The van der Waals surface area contributed by atoms with Crippen LogP contribution in [0.3, 0.4) is 0 Å². The second-order valence-electron chi connectivity index (χ2n) is 6.72. The maximum atomic E-state index is 13.0. The number of carbonyl (C=O) groups is 1. The van der Waals surface area contributed by atoms with Crippen molar-refractivity contribution in [2.75, 3.05) is 7.11 Å². The van der Waals surface area contributed by atoms with Gasteiger partial charge in [0, 0.05) is 28.6 Å². The molecule has 28 heavy (non-hydrogen) atoms. The molecule has 4 rings (SSSR count). The molecule has 0 amide bonds. The van der Waals surface area contributed by atoms with Crippen LogP contribution in [0.5, 0.6) is 5.75 Å². The molecule has 2 N–H and O–H groups in total. The van der Waals surface area contributed by atoms with Crippen LogP contribution >= 0.6 is 0 Å². The molecule has 2 atom stereocenters. The number of benzene rings is 3. The fourth-order valence-corrected chi connectivity index (χ4v) is 3.62. The highest BCUT2D eigenvalue weighted by atomic mass is 16.5. The van der Waals surface area contributed by atoms with Gasteiger partial charge in [-0.2, -0.15) is 0 Å². The van der Waals surface area contributed by atoms with Gasteiger partial charge in [0.05, 0.1) is 7.11 Å². The molecule has 0 radical (unpaired) electrons. The molecular formula is C24H21NO3. The van der Waals surface area contributed by atoms with E-state index in [9.17, 15) is 9.90 Å². The van der Waals surface area contributed by atoms with Gasteiger partial charge in [0.25, 0.3) is 0 Å². The van der Waals surface area contributed by atoms with E-state index in [-0.39, 0.29) is 5.78 Å². The van der Waals surface area contributed by atoms with E-state index >= 15 is 0 Å². The second-order valence-corrected chi connectivity index (χ2v) is 6.72. The van der Waals surface area contributed by atoms with Gasteiger partial charge in [-0.3, -0.25) is 4.79 Å². The van der Waals surface area contributed by atoms with Crippen LogP contribution in [0.1, 0.15) is 27.4 Å². The van der Waals surface area contributed by atoms with Crippen LogP contribution < -0.4 is 4.74 Å². The number of H-pyrrole nitrogens is 1. The fraction of sp³-hybridized carbons (Fsp3) is 0.125. The number of ether oxygens (including phenoxy) is 1. The Balaban J connectivity index is 1.82. The molecule has 1 aromatic heterocycles. The van der Waals surface area contributed by atoms with Gasteiger partial charge in [-0.25, -0.2) is 0 Å². The minimum atomic E-state index is -1.21. The van der Waals surface area contributed by atoms with E-state index in [2.05, 4.69) is 4.98 Å². The number of carbonyl (C=O) groups excluding carboxylic acids is 1. The number of aromatic amines is 1. The lowest BCUT2D eigenvalue weighted by molar-refractivity contribution is 0.0716. The Kier molecular flexibility index (Phi) is 4.96. The van der Waals surface area contributed by atoms with Gasteiger partial charge < -0.3 is 14.8 Å². The molecular weight excluding hydrogens is 350 g/mol. The van der Waals surface area contributed by atoms with Gasteiger partial charge in [0.2, 0.25) is 0 Å². The van der Waals surface area contributed by atoms with E-state index < -0.39 is 12.0 Å². The number of Topliss-reactive ketones (excluding diaryl/α,β-unsaturated/α-hetero) is 1. The van der Waals surface area contributed by atoms with Crippen LogP contribution in [-0.2, 0) is 0 Å². The number of hydrogen-bond acceptors (Lipinski definition) is 3. The predicted octanol–water partition coefficient (Wildman–Crippen LogP) is 4.55. The first kappa shape index (κ1) is 18.0. The third kappa shape index (κ3) is 3.30. The highest BCUT2D eigenvalue weighted by molar-refractivity contribution is 6.00. The van der Waals surface area contributed by atoms with Gasteiger partial charge in [-0.15, -0.1) is 0 Å². The Hall–Kier alpha value is -3.37. The summed E-state index contributed by atoms with van der Waals surface area (Å²) < 4.78 is 5.25. The number of hydrogen-bond donors (Lipinski definition) is 2. The average molecular weight is 371 g/mol. The molecule has 4 heteroatoms. The number of fused-ring (bicyclic) bond motifs is 1. The minimum Gasteiger partial charge on any atom is -0.497 e. The van der Waals surface area contributed by atoms with E-state index in [0.29, 0.717) is 5.56 Å². The summed E-state index contributed by atoms with van der Waals surface area (Å²) in [5, 5.41) is 12.1. The largest absolute Gasteiger partial charge is 0.497 e. The molecule has 1 heterocycles. The molecule has 0 saturated heterocycles. The number of aliphatic hydroxyl groups is 1. The van der Waals surface area contributed by atoms with Crippen molar-refractivity contribution in [3.8, 4) is 5.75 Å². The smallest absolute Gasteiger partial charge is 0.192 e. The SMILES string of the molecule is COc1ccc([C@H](c2c[nH]c3ccccc23)[C@H](O)C(=O)c2ccccc2)cc1. The standard InChI is InChI=1S/C24H21NO3/c1-28-18-13-11-16(12-14-18)22(20-15-25-21-10-6-5-9-19(20)21)24(27)23(26)17-7-3-2-4-8-17/h2-15,22,24-25,27H,1H3/t22-,24+/m1/s1. The van der Waals surface area contributed by atoms with Gasteiger partial charge >= 0.3 is 0 Å². The zero-order chi connectivity index (χ0) is 19.5. The highest BCUT2D eigenvalue weighted by Gasteiger charge is 2.31. The summed E-state index contributed by atoms with van der Waals surface area (Å²) in [6.45, 7) is 0. The molecule has 0 unspecified atom stereocenters. The van der Waals surface area contributed by atoms with Gasteiger partial charge in [0.1, 0.15) is 11.9 Å². The number of aromatic nitrogens is 1. The molecule has 3 aromatic carbocycles. The van der Waals surface area contributed by atoms with Crippen molar-refractivity contribution in [1.82, 2.24) is 4.98 Å². The lowest BCUT2D eigenvalue weighted by atomic mass is 9.83. The molecule has 0 aliphatic heterocycles. The van der Waals surface area contributed by atoms with Crippen LogP contribution in [0, 0.1) is 0 Å². The zero-order valence-corrected chi connectivity index (χ0v) is 15.5. The van der Waals surface area contributed by atoms with E-state index in [1.807, 2.05) is 60.8 Å². The normalized spacial score (nSPS) is 13.2. The first-order valence-corrected chi connectivity index (χ1v) is 9.16. The van der Waals surface area contributed by atoms with Crippen molar-refractivity contribution in [3.05, 3.63) is 102 Å². The van der Waals surface area contributed by atoms with E-state index in [0.717, 1.165) is 27.8 Å². The number of para-hydroxylation sites is 1. The molecule has 4 nitrogen and oxygen atoms in total. The number of rotatable bonds is 6. The van der Waals surface area contributed by atoms with Crippen molar-refractivity contribution in [2.24, 2.45) is 0 Å². The lowest BCUT2D eigenvalue weighted by Crippen LogP contribution is -2.29. The molecule has 140 valence electrons. The minimum absolute atomic E-state index is 0.299. The Morgan fingerprint density at radius 1 is 0.929 bits per heavy atom. The summed E-state index contributed by atoms with van der Waals surface area (Å²) in [4.78, 5) is 16.3. The van der Waals surface area contributed by atoms with Gasteiger partial charge in [-0.1, -0.05) is 60.7 Å². The zero-order valence-electron chi connectivity index (χ0n) is 15.5. The maximum Gasteiger partial charge on any atom is 0.192 e. The second kappa shape index (κ2) is 7.71. The summed E-state index contributed by atoms with van der Waals surface area (Å²) in [6, 6.07) is 24.3. The van der Waals surface area contributed by atoms with E-state index in [1.165, 1.54) is 0 Å². The molecule has 0 aliphatic rings. The van der Waals surface area contributed by atoms with Crippen molar-refractivity contribution >= 4 is 16.7 Å². The van der Waals surface area contributed by atoms with Crippen molar-refractivity contribution in [2.45, 2.75) is 12.0 Å². The van der Waals surface area contributed by atoms with Crippen LogP contribution in [0.25, 0.3) is 10.9 Å². The quantitative estimate of drug-likeness (QED) is 0.489. The number of aliphatic hydroxyl groups excluding tert-OH is 1. The summed E-state index contributed by atoms with van der Waals surface area (Å²) in [5.74, 6) is -0.0771. The fourth-order valence-electron chi connectivity index (χ4n) is 3.62. The van der Waals surface area contributed by atoms with Crippen molar-refractivity contribution in [1.29, 1.82) is 0 Å². The number of nitrogens with one attached hydrogen (secondary N) is 1. The average Bonchev–Trinajstić information content (AvgIpc) is 3.18. The summed E-state index contributed by atoms with van der Waals surface area (Å²) in [7, 11) is 1.61. The van der Waals surface area contributed by atoms with Crippen LogP contribution in [-0.4, -0.2) is 29.1 Å². The first-order valence-electron chi connectivity index (χ1n) is 9.16. The van der Waals surface area contributed by atoms with Crippen molar-refractivity contribution in [3.63, 3.8) is 0 Å². The van der Waals surface area contributed by atoms with Crippen LogP contribution in [0.2, 0.25) is 0 Å². The molecule has 0 fully saturated rings. The molecule has 0 aliphatic carbocycles. The van der Waals surface area contributed by atoms with Gasteiger partial charge in [0.15, 0.2) is 5.78 Å².